The monoisotopic (exact) mass is 565 g/mol. The fraction of sp³-hybridized carbons (Fsp3) is 0.355. The number of hydrogen-bond donors (Lipinski definition) is 2. The third kappa shape index (κ3) is 9.29. The molecule has 0 saturated heterocycles. The van der Waals surface area contributed by atoms with Crippen LogP contribution in [0.3, 0.4) is 0 Å². The zero-order chi connectivity index (χ0) is 28.8. The number of hydrogen-bond acceptors (Lipinski definition) is 5. The minimum Gasteiger partial charge on any atom is -0.382 e. The number of sulfonamides is 1. The highest BCUT2D eigenvalue weighted by Crippen LogP contribution is 2.25. The van der Waals surface area contributed by atoms with E-state index in [1.165, 1.54) is 0 Å². The molecule has 0 fully saturated rings. The highest BCUT2D eigenvalue weighted by molar-refractivity contribution is 7.89. The first-order chi connectivity index (χ1) is 19.4. The summed E-state index contributed by atoms with van der Waals surface area (Å²) in [6.07, 6.45) is 1.24. The Morgan fingerprint density at radius 2 is 1.52 bits per heavy atom. The van der Waals surface area contributed by atoms with E-state index in [0.717, 1.165) is 16.7 Å². The molecule has 0 radical (unpaired) electrons. The zero-order valence-electron chi connectivity index (χ0n) is 23.2. The molecule has 40 heavy (non-hydrogen) atoms. The lowest BCUT2D eigenvalue weighted by molar-refractivity contribution is -0.141. The number of carbonyl (C=O) groups is 2. The van der Waals surface area contributed by atoms with Crippen molar-refractivity contribution in [3.8, 4) is 0 Å². The Hall–Kier alpha value is -3.53. The molecule has 0 spiro atoms. The number of carbonyl (C=O) groups excluding carboxylic acids is 2. The van der Waals surface area contributed by atoms with Crippen LogP contribution in [0.4, 0.5) is 0 Å². The second kappa shape index (κ2) is 15.9. The van der Waals surface area contributed by atoms with E-state index in [9.17, 15) is 18.0 Å². The van der Waals surface area contributed by atoms with Gasteiger partial charge in [-0.25, -0.2) is 13.1 Å². The summed E-state index contributed by atoms with van der Waals surface area (Å²) in [4.78, 5) is 29.2. The van der Waals surface area contributed by atoms with E-state index < -0.39 is 16.1 Å². The Bertz CT molecular complexity index is 1300. The lowest BCUT2D eigenvalue weighted by Crippen LogP contribution is -2.43. The van der Waals surface area contributed by atoms with E-state index in [1.807, 2.05) is 67.6 Å². The van der Waals surface area contributed by atoms with Crippen LogP contribution in [0.1, 0.15) is 49.4 Å². The van der Waals surface area contributed by atoms with Gasteiger partial charge in [0.1, 0.15) is 6.04 Å². The molecule has 1 atom stereocenters. The summed E-state index contributed by atoms with van der Waals surface area (Å²) in [7, 11) is -3.55. The normalized spacial score (nSPS) is 12.1. The van der Waals surface area contributed by atoms with Gasteiger partial charge in [-0.05, 0) is 48.6 Å². The molecule has 0 aliphatic carbocycles. The molecule has 0 bridgehead atoms. The number of rotatable bonds is 16. The molecule has 8 nitrogen and oxygen atoms in total. The second-order valence-corrected chi connectivity index (χ2v) is 11.1. The van der Waals surface area contributed by atoms with E-state index in [-0.39, 0.29) is 29.7 Å². The van der Waals surface area contributed by atoms with Crippen molar-refractivity contribution in [2.24, 2.45) is 0 Å². The van der Waals surface area contributed by atoms with Crippen molar-refractivity contribution in [3.05, 3.63) is 102 Å². The number of nitrogens with one attached hydrogen (secondary N) is 2. The largest absolute Gasteiger partial charge is 0.382 e. The summed E-state index contributed by atoms with van der Waals surface area (Å²) >= 11 is 0. The standard InChI is InChI=1S/C31H39N3O5S/c1-3-33-40(37,38)28-19-16-25(17-20-28)18-21-29(35)34(24-26-12-7-5-8-13-26)30(27-14-9-6-10-15-27)31(36)32-22-11-23-39-4-2/h5-10,12-17,19-20,30,33H,3-4,11,18,21-24H2,1-2H3,(H,32,36)/t30-/m0/s1. The molecular formula is C31H39N3O5S. The smallest absolute Gasteiger partial charge is 0.247 e. The third-order valence-corrected chi connectivity index (χ3v) is 7.92. The topological polar surface area (TPSA) is 105 Å². The van der Waals surface area contributed by atoms with Crippen LogP contribution in [0.25, 0.3) is 0 Å². The molecule has 0 saturated carbocycles. The minimum atomic E-state index is -3.55. The zero-order valence-corrected chi connectivity index (χ0v) is 24.0. The van der Waals surface area contributed by atoms with Crippen molar-refractivity contribution < 1.29 is 22.7 Å². The highest BCUT2D eigenvalue weighted by atomic mass is 32.2. The molecule has 0 unspecified atom stereocenters. The van der Waals surface area contributed by atoms with Gasteiger partial charge in [0.05, 0.1) is 4.90 Å². The van der Waals surface area contributed by atoms with Gasteiger partial charge in [0.25, 0.3) is 0 Å². The average molecular weight is 566 g/mol. The van der Waals surface area contributed by atoms with Crippen LogP contribution in [-0.2, 0) is 37.3 Å². The predicted octanol–water partition coefficient (Wildman–Crippen LogP) is 4.23. The van der Waals surface area contributed by atoms with Crippen LogP contribution < -0.4 is 10.0 Å². The van der Waals surface area contributed by atoms with Gasteiger partial charge in [-0.2, -0.15) is 0 Å². The predicted molar refractivity (Wildman–Crippen MR) is 156 cm³/mol. The fourth-order valence-electron chi connectivity index (χ4n) is 4.34. The number of nitrogens with zero attached hydrogens (tertiary/aromatic N) is 1. The Labute approximate surface area is 237 Å². The molecular weight excluding hydrogens is 526 g/mol. The molecule has 0 heterocycles. The molecule has 0 aliphatic rings. The van der Waals surface area contributed by atoms with Gasteiger partial charge in [0.2, 0.25) is 21.8 Å². The van der Waals surface area contributed by atoms with Gasteiger partial charge in [0, 0.05) is 39.3 Å². The SMILES string of the molecule is CCNS(=O)(=O)c1ccc(CCC(=O)N(Cc2ccccc2)[C@H](C(=O)NCCCOCC)c2ccccc2)cc1. The van der Waals surface area contributed by atoms with E-state index >= 15 is 0 Å². The van der Waals surface area contributed by atoms with Gasteiger partial charge in [-0.15, -0.1) is 0 Å². The molecule has 3 aromatic rings. The molecule has 0 aromatic heterocycles. The summed E-state index contributed by atoms with van der Waals surface area (Å²) in [5.41, 5.74) is 2.48. The van der Waals surface area contributed by atoms with Crippen LogP contribution in [0.2, 0.25) is 0 Å². The van der Waals surface area contributed by atoms with Gasteiger partial charge < -0.3 is 15.0 Å². The summed E-state index contributed by atoms with van der Waals surface area (Å²) in [5.74, 6) is -0.420. The summed E-state index contributed by atoms with van der Waals surface area (Å²) < 4.78 is 32.4. The van der Waals surface area contributed by atoms with Crippen LogP contribution in [0.5, 0.6) is 0 Å². The molecule has 0 aliphatic heterocycles. The maximum absolute atomic E-state index is 13.8. The Balaban J connectivity index is 1.82. The quantitative estimate of drug-likeness (QED) is 0.253. The summed E-state index contributed by atoms with van der Waals surface area (Å²) in [6, 6.07) is 24.6. The van der Waals surface area contributed by atoms with Crippen molar-refractivity contribution >= 4 is 21.8 Å². The number of ether oxygens (including phenoxy) is 1. The first kappa shape index (κ1) is 31.0. The van der Waals surface area contributed by atoms with Crippen molar-refractivity contribution in [1.82, 2.24) is 14.9 Å². The van der Waals surface area contributed by atoms with Gasteiger partial charge in [0.15, 0.2) is 0 Å². The van der Waals surface area contributed by atoms with Gasteiger partial charge in [-0.3, -0.25) is 9.59 Å². The van der Waals surface area contributed by atoms with E-state index in [1.54, 1.807) is 36.1 Å². The van der Waals surface area contributed by atoms with Crippen LogP contribution in [-0.4, -0.2) is 51.4 Å². The number of benzene rings is 3. The molecule has 9 heteroatoms. The van der Waals surface area contributed by atoms with Gasteiger partial charge >= 0.3 is 0 Å². The first-order valence-corrected chi connectivity index (χ1v) is 15.2. The van der Waals surface area contributed by atoms with Crippen LogP contribution in [0, 0.1) is 0 Å². The van der Waals surface area contributed by atoms with E-state index in [2.05, 4.69) is 10.0 Å². The lowest BCUT2D eigenvalue weighted by atomic mass is 10.0. The lowest BCUT2D eigenvalue weighted by Gasteiger charge is -2.32. The van der Waals surface area contributed by atoms with Crippen molar-refractivity contribution in [2.45, 2.75) is 50.6 Å². The number of aryl methyl sites for hydroxylation is 1. The summed E-state index contributed by atoms with van der Waals surface area (Å²) in [6.45, 7) is 5.84. The Kier molecular flexibility index (Phi) is 12.3. The number of amides is 2. The molecule has 2 N–H and O–H groups in total. The molecule has 214 valence electrons. The second-order valence-electron chi connectivity index (χ2n) is 9.31. The van der Waals surface area contributed by atoms with E-state index in [4.69, 9.17) is 4.74 Å². The summed E-state index contributed by atoms with van der Waals surface area (Å²) in [5, 5.41) is 2.99. The minimum absolute atomic E-state index is 0.160. The van der Waals surface area contributed by atoms with Crippen LogP contribution >= 0.6 is 0 Å². The Morgan fingerprint density at radius 1 is 0.875 bits per heavy atom. The van der Waals surface area contributed by atoms with Crippen molar-refractivity contribution in [2.75, 3.05) is 26.3 Å². The molecule has 3 rings (SSSR count). The molecule has 3 aromatic carbocycles. The van der Waals surface area contributed by atoms with Crippen molar-refractivity contribution in [3.63, 3.8) is 0 Å². The fourth-order valence-corrected chi connectivity index (χ4v) is 5.38. The maximum atomic E-state index is 13.8. The molecule has 2 amide bonds. The highest BCUT2D eigenvalue weighted by Gasteiger charge is 2.31. The maximum Gasteiger partial charge on any atom is 0.247 e. The average Bonchev–Trinajstić information content (AvgIpc) is 2.97. The van der Waals surface area contributed by atoms with E-state index in [0.29, 0.717) is 39.1 Å². The van der Waals surface area contributed by atoms with Crippen LogP contribution in [0.15, 0.2) is 89.8 Å². The van der Waals surface area contributed by atoms with Gasteiger partial charge in [-0.1, -0.05) is 79.7 Å². The van der Waals surface area contributed by atoms with Crippen molar-refractivity contribution in [1.29, 1.82) is 0 Å². The first-order valence-electron chi connectivity index (χ1n) is 13.7. The Morgan fingerprint density at radius 3 is 2.15 bits per heavy atom. The third-order valence-electron chi connectivity index (χ3n) is 6.36.